The number of rotatable bonds is 8. The molecule has 1 atom stereocenters. The van der Waals surface area contributed by atoms with Crippen molar-refractivity contribution < 1.29 is 28.8 Å². The van der Waals surface area contributed by atoms with Gasteiger partial charge in [-0.1, -0.05) is 39.3 Å². The first-order valence-electron chi connectivity index (χ1n) is 18.7. The predicted octanol–water partition coefficient (Wildman–Crippen LogP) is 6.30. The average molecular weight is 750 g/mol. The number of ether oxygens (including phenoxy) is 3. The Bertz CT molecular complexity index is 1910. The summed E-state index contributed by atoms with van der Waals surface area (Å²) in [6.45, 7) is 17.0. The molecule has 5 heterocycles. The van der Waals surface area contributed by atoms with Crippen molar-refractivity contribution in [3.05, 3.63) is 64.9 Å². The van der Waals surface area contributed by atoms with Gasteiger partial charge in [0.2, 0.25) is 11.8 Å². The number of amides is 1. The van der Waals surface area contributed by atoms with E-state index in [4.69, 9.17) is 19.2 Å². The predicted molar refractivity (Wildman–Crippen MR) is 205 cm³/mol. The number of anilines is 2. The van der Waals surface area contributed by atoms with Gasteiger partial charge in [0.15, 0.2) is 0 Å². The van der Waals surface area contributed by atoms with Crippen LogP contribution in [-0.2, 0) is 26.0 Å². The molecule has 3 aromatic rings. The summed E-state index contributed by atoms with van der Waals surface area (Å²) in [5, 5.41) is 0. The molecule has 288 valence electrons. The molecule has 6 rings (SSSR count). The summed E-state index contributed by atoms with van der Waals surface area (Å²) in [6.07, 6.45) is 7.74. The van der Waals surface area contributed by atoms with Crippen LogP contribution in [0.5, 0.6) is 5.88 Å². The Hall–Kier alpha value is -4.14. The molecule has 4 bridgehead atoms. The van der Waals surface area contributed by atoms with Gasteiger partial charge in [0, 0.05) is 38.9 Å². The molecule has 0 saturated carbocycles. The van der Waals surface area contributed by atoms with Crippen LogP contribution in [0.3, 0.4) is 0 Å². The van der Waals surface area contributed by atoms with Crippen LogP contribution in [0.25, 0.3) is 5.57 Å². The Labute approximate surface area is 315 Å². The minimum Gasteiger partial charge on any atom is -0.475 e. The van der Waals surface area contributed by atoms with E-state index in [-0.39, 0.29) is 48.2 Å². The molecule has 1 N–H and O–H groups in total. The number of hydrogen-bond donors (Lipinski definition) is 1. The van der Waals surface area contributed by atoms with Crippen LogP contribution >= 0.6 is 0 Å². The summed E-state index contributed by atoms with van der Waals surface area (Å²) in [5.74, 6) is 0.802. The molecular weight excluding hydrogens is 695 g/mol. The molecule has 14 heteroatoms. The van der Waals surface area contributed by atoms with Crippen LogP contribution < -0.4 is 14.4 Å². The van der Waals surface area contributed by atoms with Gasteiger partial charge in [-0.3, -0.25) is 4.79 Å². The highest BCUT2D eigenvalue weighted by molar-refractivity contribution is 7.92. The standard InChI is InChI=1S/C39H53N7O6S.H2/c1-7-33(26(2)19-28-11-15-50-16-12-28)35-27(3)36-43-38(42-35)44-53(48,49)32-10-8-9-29(20-32)37(47)46(30(25-52-36)21-39(4,5)6)24-34-40-22-31(23-41-34)45-13-17-51-18-14-45;/h8-10,20,22-23,28,30H,7,11-19,21,24-25H2,1-6H3,(H,42,43,44);1H/b33-26-;/t30-;/m1./s1. The van der Waals surface area contributed by atoms with Gasteiger partial charge in [0.1, 0.15) is 12.4 Å². The third-order valence-corrected chi connectivity index (χ3v) is 11.5. The van der Waals surface area contributed by atoms with E-state index in [0.717, 1.165) is 56.8 Å². The van der Waals surface area contributed by atoms with Crippen LogP contribution in [0, 0.1) is 18.3 Å². The van der Waals surface area contributed by atoms with E-state index in [2.05, 4.69) is 59.2 Å². The molecule has 0 radical (unpaired) electrons. The summed E-state index contributed by atoms with van der Waals surface area (Å²) in [5.41, 5.74) is 4.51. The molecule has 2 aromatic heterocycles. The van der Waals surface area contributed by atoms with E-state index in [9.17, 15) is 13.2 Å². The van der Waals surface area contributed by atoms with E-state index in [0.29, 0.717) is 49.1 Å². The summed E-state index contributed by atoms with van der Waals surface area (Å²) in [6, 6.07) is 5.62. The maximum atomic E-state index is 14.5. The van der Waals surface area contributed by atoms with Gasteiger partial charge in [-0.25, -0.2) is 28.1 Å². The van der Waals surface area contributed by atoms with Crippen molar-refractivity contribution in [3.8, 4) is 5.88 Å². The highest BCUT2D eigenvalue weighted by Crippen LogP contribution is 2.35. The molecule has 2 saturated heterocycles. The summed E-state index contributed by atoms with van der Waals surface area (Å²) in [4.78, 5) is 37.2. The third-order valence-electron chi connectivity index (χ3n) is 10.2. The van der Waals surface area contributed by atoms with Crippen LogP contribution in [0.1, 0.15) is 95.6 Å². The number of morpholine rings is 1. The monoisotopic (exact) mass is 749 g/mol. The molecule has 0 unspecified atom stereocenters. The normalized spacial score (nSPS) is 20.3. The molecule has 53 heavy (non-hydrogen) atoms. The SMILES string of the molecule is CC/C(=C(\C)CC1CCOCC1)c1nc2nc(c1C)OC[C@@H](CC(C)(C)C)N(Cc1ncc(N3CCOCC3)cn1)C(=O)c1cccc(c1)S(=O)(=O)N2.[HH]. The van der Waals surface area contributed by atoms with Crippen molar-refractivity contribution in [1.82, 2.24) is 24.8 Å². The Morgan fingerprint density at radius 3 is 2.42 bits per heavy atom. The van der Waals surface area contributed by atoms with E-state index >= 15 is 0 Å². The maximum absolute atomic E-state index is 14.5. The van der Waals surface area contributed by atoms with Gasteiger partial charge < -0.3 is 24.0 Å². The number of aromatic nitrogens is 4. The molecule has 0 aliphatic carbocycles. The zero-order chi connectivity index (χ0) is 37.8. The molecule has 1 aromatic carbocycles. The van der Waals surface area contributed by atoms with Crippen molar-refractivity contribution in [2.45, 2.75) is 91.1 Å². The number of allylic oxidation sites excluding steroid dienone is 2. The number of hydrogen-bond acceptors (Lipinski definition) is 11. The molecule has 3 aliphatic heterocycles. The maximum Gasteiger partial charge on any atom is 0.264 e. The minimum atomic E-state index is -4.19. The first-order chi connectivity index (χ1) is 25.3. The highest BCUT2D eigenvalue weighted by atomic mass is 32.2. The molecule has 13 nitrogen and oxygen atoms in total. The highest BCUT2D eigenvalue weighted by Gasteiger charge is 2.33. The second-order valence-electron chi connectivity index (χ2n) is 15.5. The van der Waals surface area contributed by atoms with Crippen molar-refractivity contribution in [1.29, 1.82) is 0 Å². The summed E-state index contributed by atoms with van der Waals surface area (Å²) >= 11 is 0. The van der Waals surface area contributed by atoms with E-state index in [1.54, 1.807) is 29.4 Å². The lowest BCUT2D eigenvalue weighted by atomic mass is 9.87. The Kier molecular flexibility index (Phi) is 12.0. The zero-order valence-electron chi connectivity index (χ0n) is 31.9. The van der Waals surface area contributed by atoms with Gasteiger partial charge in [-0.2, -0.15) is 4.98 Å². The first-order valence-corrected chi connectivity index (χ1v) is 20.1. The zero-order valence-corrected chi connectivity index (χ0v) is 32.7. The van der Waals surface area contributed by atoms with Crippen molar-refractivity contribution >= 4 is 33.1 Å². The van der Waals surface area contributed by atoms with Gasteiger partial charge in [0.25, 0.3) is 15.9 Å². The Balaban J connectivity index is 0.00000561. The number of nitrogens with zero attached hydrogens (tertiary/aromatic N) is 6. The number of fused-ring (bicyclic) bond motifs is 4. The molecular formula is C39H55N7O6S. The largest absolute Gasteiger partial charge is 0.475 e. The van der Waals surface area contributed by atoms with Crippen LogP contribution in [0.15, 0.2) is 47.1 Å². The number of benzene rings is 1. The first kappa shape index (κ1) is 38.6. The van der Waals surface area contributed by atoms with Crippen molar-refractivity contribution in [3.63, 3.8) is 0 Å². The topological polar surface area (TPSA) is 149 Å². The van der Waals surface area contributed by atoms with Crippen LogP contribution in [0.2, 0.25) is 0 Å². The van der Waals surface area contributed by atoms with Crippen LogP contribution in [-0.4, -0.2) is 91.3 Å². The second-order valence-corrected chi connectivity index (χ2v) is 17.1. The lowest BCUT2D eigenvalue weighted by Crippen LogP contribution is -2.45. The lowest BCUT2D eigenvalue weighted by molar-refractivity contribution is 0.0504. The van der Waals surface area contributed by atoms with Gasteiger partial charge in [-0.15, -0.1) is 0 Å². The average Bonchev–Trinajstić information content (AvgIpc) is 3.14. The second kappa shape index (κ2) is 16.5. The number of carbonyl (C=O) groups is 1. The van der Waals surface area contributed by atoms with E-state index in [1.165, 1.54) is 17.7 Å². The lowest BCUT2D eigenvalue weighted by Gasteiger charge is -2.35. The van der Waals surface area contributed by atoms with Crippen molar-refractivity contribution in [2.24, 2.45) is 11.3 Å². The molecule has 3 aliphatic rings. The van der Waals surface area contributed by atoms with E-state index in [1.807, 2.05) is 6.92 Å². The van der Waals surface area contributed by atoms with Crippen molar-refractivity contribution in [2.75, 3.05) is 55.7 Å². The van der Waals surface area contributed by atoms with E-state index < -0.39 is 16.1 Å². The fourth-order valence-electron chi connectivity index (χ4n) is 7.37. The summed E-state index contributed by atoms with van der Waals surface area (Å²) < 4.78 is 48.0. The Morgan fingerprint density at radius 2 is 1.74 bits per heavy atom. The minimum absolute atomic E-state index is 0. The summed E-state index contributed by atoms with van der Waals surface area (Å²) in [7, 11) is -4.19. The quantitative estimate of drug-likeness (QED) is 0.277. The van der Waals surface area contributed by atoms with Crippen LogP contribution in [0.4, 0.5) is 11.6 Å². The van der Waals surface area contributed by atoms with Gasteiger partial charge >= 0.3 is 0 Å². The smallest absolute Gasteiger partial charge is 0.264 e. The third kappa shape index (κ3) is 9.51. The number of nitrogens with one attached hydrogen (secondary N) is 1. The molecule has 0 spiro atoms. The van der Waals surface area contributed by atoms with Gasteiger partial charge in [0.05, 0.1) is 54.5 Å². The fraction of sp³-hybridized carbons (Fsp3) is 0.564. The molecule has 1 amide bonds. The number of sulfonamides is 1. The van der Waals surface area contributed by atoms with Gasteiger partial charge in [-0.05, 0) is 81.1 Å². The fourth-order valence-corrected chi connectivity index (χ4v) is 8.36. The number of carbonyl (C=O) groups excluding carboxylic acids is 1. The molecule has 2 fully saturated rings. The Morgan fingerprint density at radius 1 is 1.04 bits per heavy atom.